The Morgan fingerprint density at radius 2 is 1.59 bits per heavy atom. The minimum absolute atomic E-state index is 0.135. The largest absolute Gasteiger partial charge is 0.304 e. The smallest absolute Gasteiger partial charge is 0.114 e. The van der Waals surface area contributed by atoms with E-state index in [1.54, 1.807) is 0 Å². The molecule has 3 heteroatoms. The van der Waals surface area contributed by atoms with Gasteiger partial charge < -0.3 is 4.90 Å². The predicted octanol–water partition coefficient (Wildman–Crippen LogP) is 2.10. The van der Waals surface area contributed by atoms with E-state index in [0.29, 0.717) is 0 Å². The van der Waals surface area contributed by atoms with Crippen molar-refractivity contribution in [3.8, 4) is 6.07 Å². The van der Waals surface area contributed by atoms with Crippen LogP contribution in [0.25, 0.3) is 0 Å². The molecule has 17 heavy (non-hydrogen) atoms. The third-order valence-corrected chi connectivity index (χ3v) is 4.94. The van der Waals surface area contributed by atoms with Gasteiger partial charge in [0.15, 0.2) is 0 Å². The molecule has 1 unspecified atom stereocenters. The number of rotatable bonds is 1. The summed E-state index contributed by atoms with van der Waals surface area (Å²) in [5, 5.41) is 9.79. The molecule has 2 rings (SSSR count). The van der Waals surface area contributed by atoms with E-state index in [-0.39, 0.29) is 11.0 Å². The van der Waals surface area contributed by atoms with Crippen molar-refractivity contribution in [2.75, 3.05) is 33.2 Å². The van der Waals surface area contributed by atoms with Gasteiger partial charge in [-0.15, -0.1) is 0 Å². The zero-order chi connectivity index (χ0) is 12.5. The fourth-order valence-corrected chi connectivity index (χ4v) is 3.55. The molecule has 0 aromatic carbocycles. The fourth-order valence-electron chi connectivity index (χ4n) is 3.55. The molecule has 2 fully saturated rings. The first-order valence-electron chi connectivity index (χ1n) is 6.87. The molecule has 96 valence electrons. The predicted molar refractivity (Wildman–Crippen MR) is 69.7 cm³/mol. The van der Waals surface area contributed by atoms with Crippen LogP contribution in [0, 0.1) is 16.7 Å². The maximum atomic E-state index is 9.79. The second kappa shape index (κ2) is 4.59. The Balaban J connectivity index is 2.21. The van der Waals surface area contributed by atoms with Gasteiger partial charge in [-0.2, -0.15) is 5.26 Å². The van der Waals surface area contributed by atoms with E-state index >= 15 is 0 Å². The van der Waals surface area contributed by atoms with E-state index in [9.17, 15) is 5.26 Å². The standard InChI is InChI=1S/C14H25N3/c1-13(2)6-4-5-7-14(13,12-15)17-10-8-16(3)9-11-17/h4-11H2,1-3H3. The summed E-state index contributed by atoms with van der Waals surface area (Å²) in [6.45, 7) is 8.86. The first-order chi connectivity index (χ1) is 8.02. The van der Waals surface area contributed by atoms with Gasteiger partial charge in [0.1, 0.15) is 5.54 Å². The van der Waals surface area contributed by atoms with Crippen LogP contribution in [0.3, 0.4) is 0 Å². The molecule has 0 N–H and O–H groups in total. The highest BCUT2D eigenvalue weighted by molar-refractivity contribution is 5.18. The van der Waals surface area contributed by atoms with Crippen LogP contribution in [0.15, 0.2) is 0 Å². The van der Waals surface area contributed by atoms with Crippen LogP contribution >= 0.6 is 0 Å². The van der Waals surface area contributed by atoms with Gasteiger partial charge in [0, 0.05) is 26.2 Å². The fraction of sp³-hybridized carbons (Fsp3) is 0.929. The molecule has 0 aromatic rings. The Bertz CT molecular complexity index is 310. The quantitative estimate of drug-likeness (QED) is 0.697. The van der Waals surface area contributed by atoms with E-state index in [1.165, 1.54) is 19.3 Å². The van der Waals surface area contributed by atoms with Crippen molar-refractivity contribution in [1.82, 2.24) is 9.80 Å². The second-order valence-corrected chi connectivity index (χ2v) is 6.35. The van der Waals surface area contributed by atoms with Crippen molar-refractivity contribution in [3.63, 3.8) is 0 Å². The molecule has 1 heterocycles. The molecule has 3 nitrogen and oxygen atoms in total. The van der Waals surface area contributed by atoms with Gasteiger partial charge >= 0.3 is 0 Å². The molecule has 1 saturated heterocycles. The Morgan fingerprint density at radius 1 is 1.00 bits per heavy atom. The van der Waals surface area contributed by atoms with Gasteiger partial charge in [-0.3, -0.25) is 4.90 Å². The average Bonchev–Trinajstić information content (AvgIpc) is 2.30. The maximum absolute atomic E-state index is 9.79. The molecular weight excluding hydrogens is 210 g/mol. The number of likely N-dealkylation sites (N-methyl/N-ethyl adjacent to an activating group) is 1. The molecule has 0 radical (unpaired) electrons. The molecule has 0 amide bonds. The van der Waals surface area contributed by atoms with Crippen LogP contribution < -0.4 is 0 Å². The van der Waals surface area contributed by atoms with Gasteiger partial charge in [-0.05, 0) is 25.3 Å². The Kier molecular flexibility index (Phi) is 3.47. The van der Waals surface area contributed by atoms with Gasteiger partial charge in [-0.25, -0.2) is 0 Å². The third-order valence-electron chi connectivity index (χ3n) is 4.94. The average molecular weight is 235 g/mol. The summed E-state index contributed by atoms with van der Waals surface area (Å²) in [6, 6.07) is 2.70. The van der Waals surface area contributed by atoms with Crippen LogP contribution in [-0.2, 0) is 0 Å². The summed E-state index contributed by atoms with van der Waals surface area (Å²) in [6.07, 6.45) is 4.74. The number of nitriles is 1. The Morgan fingerprint density at radius 3 is 2.12 bits per heavy atom. The van der Waals surface area contributed by atoms with Crippen molar-refractivity contribution in [3.05, 3.63) is 0 Å². The van der Waals surface area contributed by atoms with Crippen molar-refractivity contribution in [2.45, 2.75) is 45.1 Å². The molecule has 1 atom stereocenters. The summed E-state index contributed by atoms with van der Waals surface area (Å²) in [5.41, 5.74) is -0.0809. The Hall–Kier alpha value is -0.590. The summed E-state index contributed by atoms with van der Waals surface area (Å²) in [5.74, 6) is 0. The number of hydrogen-bond acceptors (Lipinski definition) is 3. The number of piperazine rings is 1. The highest BCUT2D eigenvalue weighted by atomic mass is 15.3. The minimum Gasteiger partial charge on any atom is -0.304 e. The van der Waals surface area contributed by atoms with E-state index < -0.39 is 0 Å². The molecule has 0 spiro atoms. The number of hydrogen-bond donors (Lipinski definition) is 0. The number of nitrogens with zero attached hydrogens (tertiary/aromatic N) is 3. The lowest BCUT2D eigenvalue weighted by atomic mass is 9.62. The van der Waals surface area contributed by atoms with Crippen molar-refractivity contribution >= 4 is 0 Å². The molecule has 0 aromatic heterocycles. The highest BCUT2D eigenvalue weighted by Gasteiger charge is 2.51. The molecule has 1 saturated carbocycles. The summed E-state index contributed by atoms with van der Waals surface area (Å²) in [7, 11) is 2.17. The lowest BCUT2D eigenvalue weighted by Crippen LogP contribution is -2.63. The summed E-state index contributed by atoms with van der Waals surface area (Å²) >= 11 is 0. The van der Waals surface area contributed by atoms with Gasteiger partial charge in [-0.1, -0.05) is 26.7 Å². The first-order valence-corrected chi connectivity index (χ1v) is 6.87. The van der Waals surface area contributed by atoms with Crippen molar-refractivity contribution in [2.24, 2.45) is 5.41 Å². The maximum Gasteiger partial charge on any atom is 0.114 e. The molecular formula is C14H25N3. The van der Waals surface area contributed by atoms with E-state index in [2.05, 4.69) is 36.8 Å². The molecule has 0 bridgehead atoms. The minimum atomic E-state index is -0.216. The van der Waals surface area contributed by atoms with E-state index in [4.69, 9.17) is 0 Å². The van der Waals surface area contributed by atoms with Crippen LogP contribution in [0.4, 0.5) is 0 Å². The third kappa shape index (κ3) is 2.09. The lowest BCUT2D eigenvalue weighted by molar-refractivity contribution is -0.0299. The van der Waals surface area contributed by atoms with Crippen molar-refractivity contribution in [1.29, 1.82) is 5.26 Å². The summed E-state index contributed by atoms with van der Waals surface area (Å²) in [4.78, 5) is 4.82. The molecule has 2 aliphatic rings. The van der Waals surface area contributed by atoms with Gasteiger partial charge in [0.05, 0.1) is 6.07 Å². The zero-order valence-corrected chi connectivity index (χ0v) is 11.5. The monoisotopic (exact) mass is 235 g/mol. The van der Waals surface area contributed by atoms with Gasteiger partial charge in [0.25, 0.3) is 0 Å². The van der Waals surface area contributed by atoms with Crippen LogP contribution in [0.2, 0.25) is 0 Å². The topological polar surface area (TPSA) is 30.3 Å². The van der Waals surface area contributed by atoms with Gasteiger partial charge in [0.2, 0.25) is 0 Å². The Labute approximate surface area is 105 Å². The lowest BCUT2D eigenvalue weighted by Gasteiger charge is -2.53. The second-order valence-electron chi connectivity index (χ2n) is 6.35. The van der Waals surface area contributed by atoms with E-state index in [1.807, 2.05) is 0 Å². The zero-order valence-electron chi connectivity index (χ0n) is 11.5. The molecule has 1 aliphatic heterocycles. The van der Waals surface area contributed by atoms with Crippen LogP contribution in [0.1, 0.15) is 39.5 Å². The van der Waals surface area contributed by atoms with Crippen molar-refractivity contribution < 1.29 is 0 Å². The highest BCUT2D eigenvalue weighted by Crippen LogP contribution is 2.47. The summed E-state index contributed by atoms with van der Waals surface area (Å²) < 4.78 is 0. The van der Waals surface area contributed by atoms with Crippen LogP contribution in [-0.4, -0.2) is 48.6 Å². The first kappa shape index (κ1) is 12.9. The molecule has 1 aliphatic carbocycles. The SMILES string of the molecule is CN1CCN(C2(C#N)CCCCC2(C)C)CC1. The van der Waals surface area contributed by atoms with Crippen LogP contribution in [0.5, 0.6) is 0 Å². The normalized spacial score (nSPS) is 35.4. The van der Waals surface area contributed by atoms with E-state index in [0.717, 1.165) is 32.6 Å².